The number of hydrogen-bond donors (Lipinski definition) is 2. The predicted octanol–water partition coefficient (Wildman–Crippen LogP) is 1.25. The van der Waals surface area contributed by atoms with Crippen LogP contribution >= 0.6 is 0 Å². The lowest BCUT2D eigenvalue weighted by molar-refractivity contribution is -0.383. The maximum Gasteiger partial charge on any atom is 0.292 e. The van der Waals surface area contributed by atoms with Gasteiger partial charge in [-0.05, 0) is 34.0 Å². The first-order valence-electron chi connectivity index (χ1n) is 6.15. The first-order valence-corrected chi connectivity index (χ1v) is 6.15. The number of nitrogens with one attached hydrogen (secondary N) is 1. The highest BCUT2D eigenvalue weighted by molar-refractivity contribution is 6.01. The van der Waals surface area contributed by atoms with E-state index in [4.69, 9.17) is 5.73 Å². The molecule has 0 saturated heterocycles. The number of nitro benzene ring substituents is 1. The van der Waals surface area contributed by atoms with E-state index in [1.54, 1.807) is 0 Å². The third kappa shape index (κ3) is 3.45. The van der Waals surface area contributed by atoms with Gasteiger partial charge in [-0.1, -0.05) is 6.07 Å². The van der Waals surface area contributed by atoms with Crippen molar-refractivity contribution in [1.82, 2.24) is 10.2 Å². The Hall–Kier alpha value is -2.15. The molecule has 0 saturated carbocycles. The molecular weight excluding hydrogens is 260 g/mol. The molecule has 0 fully saturated rings. The average Bonchev–Trinajstić information content (AvgIpc) is 2.35. The Morgan fingerprint density at radius 2 is 2.05 bits per heavy atom. The summed E-state index contributed by atoms with van der Waals surface area (Å²) in [6.07, 6.45) is 0. The summed E-state index contributed by atoms with van der Waals surface area (Å²) in [7, 11) is 3.82. The molecule has 20 heavy (non-hydrogen) atoms. The summed E-state index contributed by atoms with van der Waals surface area (Å²) in [5.74, 6) is -0.416. The van der Waals surface area contributed by atoms with Gasteiger partial charge in [0.1, 0.15) is 5.69 Å². The Balaban J connectivity index is 2.89. The van der Waals surface area contributed by atoms with Crippen LogP contribution in [0.1, 0.15) is 24.2 Å². The fourth-order valence-corrected chi connectivity index (χ4v) is 1.46. The van der Waals surface area contributed by atoms with Gasteiger partial charge >= 0.3 is 0 Å². The predicted molar refractivity (Wildman–Crippen MR) is 77.6 cm³/mol. The third-order valence-corrected chi connectivity index (χ3v) is 3.42. The highest BCUT2D eigenvalue weighted by atomic mass is 16.6. The van der Waals surface area contributed by atoms with Gasteiger partial charge < -0.3 is 16.0 Å². The van der Waals surface area contributed by atoms with Crippen molar-refractivity contribution in [3.05, 3.63) is 33.9 Å². The minimum Gasteiger partial charge on any atom is -0.393 e. The van der Waals surface area contributed by atoms with Crippen LogP contribution in [-0.2, 0) is 0 Å². The number of nitrogen functional groups attached to an aromatic ring is 1. The molecule has 0 bridgehead atoms. The normalized spacial score (nSPS) is 11.4. The average molecular weight is 280 g/mol. The summed E-state index contributed by atoms with van der Waals surface area (Å²) in [5.41, 5.74) is 5.19. The Kier molecular flexibility index (Phi) is 4.67. The van der Waals surface area contributed by atoms with E-state index >= 15 is 0 Å². The second-order valence-corrected chi connectivity index (χ2v) is 5.39. The van der Waals surface area contributed by atoms with Crippen molar-refractivity contribution in [2.45, 2.75) is 19.4 Å². The van der Waals surface area contributed by atoms with Crippen LogP contribution in [0.4, 0.5) is 11.4 Å². The number of carbonyl (C=O) groups excluding carboxylic acids is 1. The summed E-state index contributed by atoms with van der Waals surface area (Å²) >= 11 is 0. The quantitative estimate of drug-likeness (QED) is 0.480. The minimum atomic E-state index is -0.601. The SMILES string of the molecule is CN(C)C(C)(C)CNC(=O)c1cccc([N+](=O)[O-])c1N. The molecule has 1 aromatic rings. The highest BCUT2D eigenvalue weighted by Gasteiger charge is 2.23. The molecular formula is C13H20N4O3. The van der Waals surface area contributed by atoms with Crippen LogP contribution in [-0.4, -0.2) is 41.9 Å². The minimum absolute atomic E-state index is 0.113. The third-order valence-electron chi connectivity index (χ3n) is 3.42. The van der Waals surface area contributed by atoms with E-state index in [2.05, 4.69) is 5.32 Å². The summed E-state index contributed by atoms with van der Waals surface area (Å²) in [6.45, 7) is 4.36. The summed E-state index contributed by atoms with van der Waals surface area (Å²) in [6, 6.07) is 4.19. The van der Waals surface area contributed by atoms with Crippen LogP contribution in [0.15, 0.2) is 18.2 Å². The zero-order chi connectivity index (χ0) is 15.5. The summed E-state index contributed by atoms with van der Waals surface area (Å²) < 4.78 is 0. The molecule has 0 aliphatic heterocycles. The Bertz CT molecular complexity index is 526. The summed E-state index contributed by atoms with van der Waals surface area (Å²) in [5, 5.41) is 13.5. The van der Waals surface area contributed by atoms with Gasteiger partial charge in [0, 0.05) is 18.2 Å². The molecule has 0 aliphatic carbocycles. The maximum absolute atomic E-state index is 12.1. The molecule has 110 valence electrons. The molecule has 1 aromatic carbocycles. The van der Waals surface area contributed by atoms with Crippen molar-refractivity contribution in [3.63, 3.8) is 0 Å². The number of nitro groups is 1. The Labute approximate surface area is 117 Å². The molecule has 0 heterocycles. The lowest BCUT2D eigenvalue weighted by Crippen LogP contribution is -2.48. The number of anilines is 1. The van der Waals surface area contributed by atoms with E-state index < -0.39 is 10.8 Å². The molecule has 0 radical (unpaired) electrons. The van der Waals surface area contributed by atoms with Gasteiger partial charge in [-0.15, -0.1) is 0 Å². The number of carbonyl (C=O) groups is 1. The van der Waals surface area contributed by atoms with Gasteiger partial charge in [0.25, 0.3) is 11.6 Å². The van der Waals surface area contributed by atoms with Crippen molar-refractivity contribution in [2.24, 2.45) is 0 Å². The van der Waals surface area contributed by atoms with Crippen molar-refractivity contribution in [2.75, 3.05) is 26.4 Å². The summed E-state index contributed by atoms with van der Waals surface area (Å²) in [4.78, 5) is 24.2. The zero-order valence-electron chi connectivity index (χ0n) is 12.1. The van der Waals surface area contributed by atoms with E-state index in [1.807, 2.05) is 32.8 Å². The Morgan fingerprint density at radius 1 is 1.45 bits per heavy atom. The van der Waals surface area contributed by atoms with Gasteiger partial charge in [-0.2, -0.15) is 0 Å². The van der Waals surface area contributed by atoms with Gasteiger partial charge in [-0.25, -0.2) is 0 Å². The second kappa shape index (κ2) is 5.87. The van der Waals surface area contributed by atoms with Gasteiger partial charge in [-0.3, -0.25) is 14.9 Å². The number of nitrogens with two attached hydrogens (primary N) is 1. The van der Waals surface area contributed by atoms with E-state index in [-0.39, 0.29) is 22.5 Å². The molecule has 0 spiro atoms. The maximum atomic E-state index is 12.1. The second-order valence-electron chi connectivity index (χ2n) is 5.39. The van der Waals surface area contributed by atoms with Crippen LogP contribution in [0.3, 0.4) is 0 Å². The molecule has 1 rings (SSSR count). The Morgan fingerprint density at radius 3 is 2.55 bits per heavy atom. The molecule has 1 amide bonds. The van der Waals surface area contributed by atoms with Gasteiger partial charge in [0.05, 0.1) is 10.5 Å². The van der Waals surface area contributed by atoms with Crippen molar-refractivity contribution >= 4 is 17.3 Å². The molecule has 3 N–H and O–H groups in total. The van der Waals surface area contributed by atoms with Gasteiger partial charge in [0.2, 0.25) is 0 Å². The zero-order valence-corrected chi connectivity index (χ0v) is 12.1. The first-order chi connectivity index (χ1) is 9.16. The lowest BCUT2D eigenvalue weighted by atomic mass is 10.0. The fourth-order valence-electron chi connectivity index (χ4n) is 1.46. The molecule has 0 unspecified atom stereocenters. The number of para-hydroxylation sites is 1. The number of likely N-dealkylation sites (N-methyl/N-ethyl adjacent to an activating group) is 1. The van der Waals surface area contributed by atoms with E-state index in [9.17, 15) is 14.9 Å². The monoisotopic (exact) mass is 280 g/mol. The van der Waals surface area contributed by atoms with Crippen molar-refractivity contribution in [3.8, 4) is 0 Å². The standard InChI is InChI=1S/C13H20N4O3/c1-13(2,16(3)4)8-15-12(18)9-6-5-7-10(11(9)14)17(19)20/h5-7H,8,14H2,1-4H3,(H,15,18). The molecule has 0 aliphatic rings. The van der Waals surface area contributed by atoms with Crippen LogP contribution in [0.2, 0.25) is 0 Å². The van der Waals surface area contributed by atoms with Crippen molar-refractivity contribution < 1.29 is 9.72 Å². The number of rotatable bonds is 5. The molecule has 0 atom stereocenters. The van der Waals surface area contributed by atoms with E-state index in [1.165, 1.54) is 18.2 Å². The van der Waals surface area contributed by atoms with E-state index in [0.717, 1.165) is 0 Å². The lowest BCUT2D eigenvalue weighted by Gasteiger charge is -2.32. The molecule has 7 heteroatoms. The highest BCUT2D eigenvalue weighted by Crippen LogP contribution is 2.24. The largest absolute Gasteiger partial charge is 0.393 e. The number of benzene rings is 1. The first kappa shape index (κ1) is 15.9. The van der Waals surface area contributed by atoms with Crippen LogP contribution in [0.5, 0.6) is 0 Å². The number of amides is 1. The smallest absolute Gasteiger partial charge is 0.292 e. The molecule has 7 nitrogen and oxygen atoms in total. The van der Waals surface area contributed by atoms with Gasteiger partial charge in [0.15, 0.2) is 0 Å². The molecule has 0 aromatic heterocycles. The van der Waals surface area contributed by atoms with Crippen LogP contribution in [0, 0.1) is 10.1 Å². The van der Waals surface area contributed by atoms with Crippen LogP contribution in [0.25, 0.3) is 0 Å². The van der Waals surface area contributed by atoms with E-state index in [0.29, 0.717) is 6.54 Å². The fraction of sp³-hybridized carbons (Fsp3) is 0.462. The van der Waals surface area contributed by atoms with Crippen LogP contribution < -0.4 is 11.1 Å². The van der Waals surface area contributed by atoms with Crippen molar-refractivity contribution in [1.29, 1.82) is 0 Å². The number of nitrogens with zero attached hydrogens (tertiary/aromatic N) is 2. The number of hydrogen-bond acceptors (Lipinski definition) is 5. The topological polar surface area (TPSA) is 102 Å².